The van der Waals surface area contributed by atoms with Gasteiger partial charge in [0, 0.05) is 24.1 Å². The first-order chi connectivity index (χ1) is 9.24. The molecular formula is C15H25N3O. The molecule has 1 atom stereocenters. The number of hydrogen-bond acceptors (Lipinski definition) is 2. The van der Waals surface area contributed by atoms with Crippen LogP contribution in [0.25, 0.3) is 0 Å². The van der Waals surface area contributed by atoms with Gasteiger partial charge >= 0.3 is 0 Å². The summed E-state index contributed by atoms with van der Waals surface area (Å²) in [6, 6.07) is 0.275. The molecule has 0 fully saturated rings. The molecule has 106 valence electrons. The lowest BCUT2D eigenvalue weighted by Crippen LogP contribution is -2.42. The van der Waals surface area contributed by atoms with Gasteiger partial charge < -0.3 is 5.32 Å². The largest absolute Gasteiger partial charge is 0.353 e. The number of hydrogen-bond donors (Lipinski definition) is 2. The van der Waals surface area contributed by atoms with Crippen LogP contribution in [-0.2, 0) is 17.6 Å². The molecule has 2 rings (SSSR count). The lowest BCUT2D eigenvalue weighted by molar-refractivity contribution is -0.126. The van der Waals surface area contributed by atoms with Gasteiger partial charge in [-0.25, -0.2) is 0 Å². The van der Waals surface area contributed by atoms with E-state index in [0.29, 0.717) is 0 Å². The van der Waals surface area contributed by atoms with Gasteiger partial charge in [-0.3, -0.25) is 9.89 Å². The number of aromatic amines is 1. The van der Waals surface area contributed by atoms with E-state index >= 15 is 0 Å². The second kappa shape index (κ2) is 6.73. The number of carbonyl (C=O) groups is 1. The Labute approximate surface area is 115 Å². The Bertz CT molecular complexity index is 407. The van der Waals surface area contributed by atoms with Crippen LogP contribution in [0.3, 0.4) is 0 Å². The highest BCUT2D eigenvalue weighted by Crippen LogP contribution is 2.20. The summed E-state index contributed by atoms with van der Waals surface area (Å²) in [5.74, 6) is 0.440. The molecule has 2 N–H and O–H groups in total. The zero-order chi connectivity index (χ0) is 13.7. The third-order valence-electron chi connectivity index (χ3n) is 4.01. The van der Waals surface area contributed by atoms with Crippen molar-refractivity contribution < 1.29 is 4.79 Å². The van der Waals surface area contributed by atoms with Crippen LogP contribution in [0.15, 0.2) is 6.20 Å². The predicted molar refractivity (Wildman–Crippen MR) is 75.8 cm³/mol. The number of aromatic nitrogens is 2. The highest BCUT2D eigenvalue weighted by atomic mass is 16.1. The quantitative estimate of drug-likeness (QED) is 0.829. The average Bonchev–Trinajstić information content (AvgIpc) is 2.86. The van der Waals surface area contributed by atoms with Gasteiger partial charge in [-0.15, -0.1) is 0 Å². The smallest absolute Gasteiger partial charge is 0.223 e. The summed E-state index contributed by atoms with van der Waals surface area (Å²) in [6.07, 6.45) is 9.01. The van der Waals surface area contributed by atoms with Crippen LogP contribution in [0.4, 0.5) is 0 Å². The molecule has 0 saturated heterocycles. The summed E-state index contributed by atoms with van der Waals surface area (Å²) in [4.78, 5) is 12.3. The molecule has 0 radical (unpaired) electrons. The monoisotopic (exact) mass is 263 g/mol. The number of nitrogens with zero attached hydrogens (tertiary/aromatic N) is 1. The Hall–Kier alpha value is -1.32. The van der Waals surface area contributed by atoms with Crippen LogP contribution < -0.4 is 5.32 Å². The fraction of sp³-hybridized carbons (Fsp3) is 0.733. The summed E-state index contributed by atoms with van der Waals surface area (Å²) in [6.45, 7) is 4.29. The maximum Gasteiger partial charge on any atom is 0.223 e. The summed E-state index contributed by atoms with van der Waals surface area (Å²) in [7, 11) is 0. The first-order valence-corrected chi connectivity index (χ1v) is 7.56. The fourth-order valence-electron chi connectivity index (χ4n) is 2.95. The molecule has 1 aromatic rings. The summed E-state index contributed by atoms with van der Waals surface area (Å²) < 4.78 is 0. The van der Waals surface area contributed by atoms with Gasteiger partial charge in [-0.2, -0.15) is 5.10 Å². The Morgan fingerprint density at radius 3 is 2.89 bits per heavy atom. The molecule has 1 amide bonds. The minimum atomic E-state index is 0.193. The number of amides is 1. The fourth-order valence-corrected chi connectivity index (χ4v) is 2.95. The van der Waals surface area contributed by atoms with Gasteiger partial charge in [0.05, 0.1) is 6.20 Å². The van der Waals surface area contributed by atoms with Gasteiger partial charge in [0.15, 0.2) is 0 Å². The van der Waals surface area contributed by atoms with Crippen molar-refractivity contribution in [3.63, 3.8) is 0 Å². The van der Waals surface area contributed by atoms with E-state index in [-0.39, 0.29) is 17.9 Å². The van der Waals surface area contributed by atoms with Gasteiger partial charge in [0.25, 0.3) is 0 Å². The van der Waals surface area contributed by atoms with Crippen LogP contribution in [0.1, 0.15) is 57.2 Å². The van der Waals surface area contributed by atoms with Crippen molar-refractivity contribution in [1.82, 2.24) is 15.5 Å². The Morgan fingerprint density at radius 1 is 1.47 bits per heavy atom. The van der Waals surface area contributed by atoms with Gasteiger partial charge in [0.2, 0.25) is 5.91 Å². The molecule has 1 heterocycles. The van der Waals surface area contributed by atoms with E-state index in [0.717, 1.165) is 44.9 Å². The number of rotatable bonds is 6. The number of H-pyrrole nitrogens is 1. The number of carbonyl (C=O) groups excluding carboxylic acids is 1. The molecule has 19 heavy (non-hydrogen) atoms. The van der Waals surface area contributed by atoms with Crippen LogP contribution >= 0.6 is 0 Å². The van der Waals surface area contributed by atoms with Crippen LogP contribution in [0.2, 0.25) is 0 Å². The molecule has 0 aliphatic heterocycles. The lowest BCUT2D eigenvalue weighted by atomic mass is 9.92. The summed E-state index contributed by atoms with van der Waals surface area (Å²) in [5, 5.41) is 10.3. The highest BCUT2D eigenvalue weighted by Gasteiger charge is 2.24. The number of aryl methyl sites for hydroxylation is 1. The molecule has 1 aromatic heterocycles. The van der Waals surface area contributed by atoms with E-state index in [1.807, 2.05) is 6.20 Å². The molecule has 4 nitrogen and oxygen atoms in total. The predicted octanol–water partition coefficient (Wildman–Crippen LogP) is 2.60. The minimum Gasteiger partial charge on any atom is -0.353 e. The highest BCUT2D eigenvalue weighted by molar-refractivity contribution is 5.79. The Kier molecular flexibility index (Phi) is 5.00. The normalized spacial score (nSPS) is 18.4. The second-order valence-corrected chi connectivity index (χ2v) is 5.60. The van der Waals surface area contributed by atoms with E-state index in [2.05, 4.69) is 29.4 Å². The second-order valence-electron chi connectivity index (χ2n) is 5.60. The molecule has 0 unspecified atom stereocenters. The van der Waals surface area contributed by atoms with Crippen molar-refractivity contribution in [2.45, 2.75) is 64.8 Å². The minimum absolute atomic E-state index is 0.193. The van der Waals surface area contributed by atoms with E-state index < -0.39 is 0 Å². The summed E-state index contributed by atoms with van der Waals surface area (Å²) >= 11 is 0. The average molecular weight is 263 g/mol. The van der Waals surface area contributed by atoms with Crippen molar-refractivity contribution in [3.8, 4) is 0 Å². The van der Waals surface area contributed by atoms with E-state index in [4.69, 9.17) is 0 Å². The molecular weight excluding hydrogens is 238 g/mol. The first kappa shape index (κ1) is 14.1. The molecule has 1 aliphatic rings. The standard InChI is InChI=1S/C15H25N3O/c1-3-5-11(6-4-2)15(19)17-13-8-7-12-10-16-18-14(12)9-13/h10-11,13H,3-9H2,1-2H3,(H,16,18)(H,17,19)/t13-/m0/s1. The van der Waals surface area contributed by atoms with Crippen molar-refractivity contribution in [2.75, 3.05) is 0 Å². The zero-order valence-corrected chi connectivity index (χ0v) is 12.0. The molecule has 0 aromatic carbocycles. The topological polar surface area (TPSA) is 57.8 Å². The van der Waals surface area contributed by atoms with Crippen LogP contribution in [0.5, 0.6) is 0 Å². The van der Waals surface area contributed by atoms with Crippen LogP contribution in [0, 0.1) is 5.92 Å². The molecule has 4 heteroatoms. The zero-order valence-electron chi connectivity index (χ0n) is 12.0. The first-order valence-electron chi connectivity index (χ1n) is 7.56. The van der Waals surface area contributed by atoms with Crippen molar-refractivity contribution >= 4 is 5.91 Å². The van der Waals surface area contributed by atoms with Crippen molar-refractivity contribution in [3.05, 3.63) is 17.5 Å². The number of fused-ring (bicyclic) bond motifs is 1. The third kappa shape index (κ3) is 3.58. The van der Waals surface area contributed by atoms with E-state index in [1.165, 1.54) is 11.3 Å². The molecule has 0 bridgehead atoms. The number of nitrogens with one attached hydrogen (secondary N) is 2. The van der Waals surface area contributed by atoms with Gasteiger partial charge in [0.1, 0.15) is 0 Å². The third-order valence-corrected chi connectivity index (χ3v) is 4.01. The van der Waals surface area contributed by atoms with Gasteiger partial charge in [-0.05, 0) is 31.2 Å². The Morgan fingerprint density at radius 2 is 2.21 bits per heavy atom. The van der Waals surface area contributed by atoms with Crippen LogP contribution in [-0.4, -0.2) is 22.1 Å². The lowest BCUT2D eigenvalue weighted by Gasteiger charge is -2.25. The van der Waals surface area contributed by atoms with Crippen molar-refractivity contribution in [1.29, 1.82) is 0 Å². The molecule has 0 saturated carbocycles. The summed E-state index contributed by atoms with van der Waals surface area (Å²) in [5.41, 5.74) is 2.50. The van der Waals surface area contributed by atoms with E-state index in [9.17, 15) is 4.79 Å². The van der Waals surface area contributed by atoms with Gasteiger partial charge in [-0.1, -0.05) is 26.7 Å². The maximum absolute atomic E-state index is 12.3. The Balaban J connectivity index is 1.88. The van der Waals surface area contributed by atoms with Crippen molar-refractivity contribution in [2.24, 2.45) is 5.92 Å². The SMILES string of the molecule is CCCC(CCC)C(=O)N[C@H]1CCc2cn[nH]c2C1. The van der Waals surface area contributed by atoms with E-state index in [1.54, 1.807) is 0 Å². The molecule has 0 spiro atoms. The molecule has 1 aliphatic carbocycles. The maximum atomic E-state index is 12.3.